The van der Waals surface area contributed by atoms with Crippen molar-refractivity contribution in [3.8, 4) is 10.6 Å². The number of thiazole rings is 1. The highest BCUT2D eigenvalue weighted by Gasteiger charge is 2.29. The standard InChI is InChI=1S/C19H14F3N3OS/c1-2-17(26)25-14-7-8-16(15(11-14)18-23-9-10-27-18)24-13-5-3-12(4-6-13)19(20,21)22/h2-11,24H,1H2,(H,25,26). The molecule has 0 aliphatic heterocycles. The first-order valence-electron chi connectivity index (χ1n) is 7.78. The zero-order valence-corrected chi connectivity index (χ0v) is 14.7. The summed E-state index contributed by atoms with van der Waals surface area (Å²) >= 11 is 1.41. The number of hydrogen-bond acceptors (Lipinski definition) is 4. The number of alkyl halides is 3. The minimum absolute atomic E-state index is 0.344. The van der Waals surface area contributed by atoms with Crippen molar-refractivity contribution in [2.24, 2.45) is 0 Å². The lowest BCUT2D eigenvalue weighted by atomic mass is 10.1. The molecule has 0 saturated heterocycles. The maximum Gasteiger partial charge on any atom is 0.416 e. The molecule has 8 heteroatoms. The van der Waals surface area contributed by atoms with Gasteiger partial charge in [-0.3, -0.25) is 4.79 Å². The Labute approximate surface area is 157 Å². The van der Waals surface area contributed by atoms with Gasteiger partial charge in [-0.25, -0.2) is 4.98 Å². The number of amides is 1. The summed E-state index contributed by atoms with van der Waals surface area (Å²) in [7, 11) is 0. The number of hydrogen-bond donors (Lipinski definition) is 2. The van der Waals surface area contributed by atoms with Gasteiger partial charge in [0.05, 0.1) is 5.56 Å². The first kappa shape index (κ1) is 18.7. The van der Waals surface area contributed by atoms with Crippen LogP contribution in [0.4, 0.5) is 30.2 Å². The van der Waals surface area contributed by atoms with Gasteiger partial charge >= 0.3 is 6.18 Å². The summed E-state index contributed by atoms with van der Waals surface area (Å²) in [5.41, 5.74) is 1.72. The molecule has 0 saturated carbocycles. The highest BCUT2D eigenvalue weighted by Crippen LogP contribution is 2.35. The Bertz CT molecular complexity index is 951. The van der Waals surface area contributed by atoms with Crippen LogP contribution in [-0.2, 0) is 11.0 Å². The van der Waals surface area contributed by atoms with E-state index >= 15 is 0 Å². The highest BCUT2D eigenvalue weighted by atomic mass is 32.1. The second-order valence-corrected chi connectivity index (χ2v) is 6.39. The number of nitrogens with one attached hydrogen (secondary N) is 2. The lowest BCUT2D eigenvalue weighted by molar-refractivity contribution is -0.137. The summed E-state index contributed by atoms with van der Waals surface area (Å²) in [6.45, 7) is 3.41. The summed E-state index contributed by atoms with van der Waals surface area (Å²) in [5.74, 6) is -0.344. The maximum atomic E-state index is 12.7. The molecule has 0 aliphatic carbocycles. The average molecular weight is 389 g/mol. The molecule has 27 heavy (non-hydrogen) atoms. The zero-order valence-electron chi connectivity index (χ0n) is 13.9. The Kier molecular flexibility index (Phi) is 5.27. The first-order valence-corrected chi connectivity index (χ1v) is 8.66. The molecule has 0 aliphatic rings. The van der Waals surface area contributed by atoms with Gasteiger partial charge < -0.3 is 10.6 Å². The molecule has 2 N–H and O–H groups in total. The number of anilines is 3. The van der Waals surface area contributed by atoms with Crippen molar-refractivity contribution in [3.05, 3.63) is 72.3 Å². The third-order valence-electron chi connectivity index (χ3n) is 3.63. The molecular formula is C19H14F3N3OS. The minimum atomic E-state index is -4.38. The first-order chi connectivity index (χ1) is 12.9. The number of halogens is 3. The fourth-order valence-corrected chi connectivity index (χ4v) is 3.02. The van der Waals surface area contributed by atoms with Crippen molar-refractivity contribution < 1.29 is 18.0 Å². The Morgan fingerprint density at radius 2 is 1.81 bits per heavy atom. The molecule has 1 amide bonds. The van der Waals surface area contributed by atoms with E-state index in [9.17, 15) is 18.0 Å². The van der Waals surface area contributed by atoms with Crippen LogP contribution in [0.2, 0.25) is 0 Å². The molecule has 0 bridgehead atoms. The monoisotopic (exact) mass is 389 g/mol. The van der Waals surface area contributed by atoms with E-state index in [0.717, 1.165) is 18.2 Å². The van der Waals surface area contributed by atoms with Crippen LogP contribution in [0.15, 0.2) is 66.7 Å². The van der Waals surface area contributed by atoms with Crippen LogP contribution >= 0.6 is 11.3 Å². The van der Waals surface area contributed by atoms with Crippen LogP contribution in [0.1, 0.15) is 5.56 Å². The van der Waals surface area contributed by atoms with Crippen molar-refractivity contribution in [1.82, 2.24) is 4.98 Å². The Morgan fingerprint density at radius 3 is 2.41 bits per heavy atom. The Morgan fingerprint density at radius 1 is 1.11 bits per heavy atom. The average Bonchev–Trinajstić information content (AvgIpc) is 3.17. The van der Waals surface area contributed by atoms with Crippen molar-refractivity contribution in [1.29, 1.82) is 0 Å². The number of nitrogens with zero attached hydrogens (tertiary/aromatic N) is 1. The summed E-state index contributed by atoms with van der Waals surface area (Å²) in [4.78, 5) is 15.8. The lowest BCUT2D eigenvalue weighted by Crippen LogP contribution is -2.07. The van der Waals surface area contributed by atoms with Crippen LogP contribution in [0.5, 0.6) is 0 Å². The normalized spacial score (nSPS) is 11.1. The van der Waals surface area contributed by atoms with E-state index < -0.39 is 11.7 Å². The van der Waals surface area contributed by atoms with Crippen molar-refractivity contribution in [2.75, 3.05) is 10.6 Å². The van der Waals surface area contributed by atoms with Crippen molar-refractivity contribution in [3.63, 3.8) is 0 Å². The Balaban J connectivity index is 1.92. The van der Waals surface area contributed by atoms with Crippen LogP contribution in [-0.4, -0.2) is 10.9 Å². The summed E-state index contributed by atoms with van der Waals surface area (Å²) in [5, 5.41) is 8.30. The number of rotatable bonds is 5. The summed E-state index contributed by atoms with van der Waals surface area (Å²) in [6.07, 6.45) is -1.57. The number of benzene rings is 2. The summed E-state index contributed by atoms with van der Waals surface area (Å²) in [6, 6.07) is 9.92. The highest BCUT2D eigenvalue weighted by molar-refractivity contribution is 7.13. The lowest BCUT2D eigenvalue weighted by Gasteiger charge is -2.14. The molecule has 0 spiro atoms. The predicted octanol–water partition coefficient (Wildman–Crippen LogP) is 5.70. The maximum absolute atomic E-state index is 12.7. The van der Waals surface area contributed by atoms with E-state index in [1.807, 2.05) is 5.38 Å². The van der Waals surface area contributed by atoms with Crippen LogP contribution < -0.4 is 10.6 Å². The van der Waals surface area contributed by atoms with Gasteiger partial charge in [-0.05, 0) is 48.5 Å². The topological polar surface area (TPSA) is 54.0 Å². The molecule has 4 nitrogen and oxygen atoms in total. The largest absolute Gasteiger partial charge is 0.416 e. The molecular weight excluding hydrogens is 375 g/mol. The van der Waals surface area contributed by atoms with E-state index in [-0.39, 0.29) is 5.91 Å². The summed E-state index contributed by atoms with van der Waals surface area (Å²) < 4.78 is 38.1. The van der Waals surface area contributed by atoms with Gasteiger partial charge in [0.1, 0.15) is 5.01 Å². The third-order valence-corrected chi connectivity index (χ3v) is 4.43. The Hall–Kier alpha value is -3.13. The fourth-order valence-electron chi connectivity index (χ4n) is 2.36. The quantitative estimate of drug-likeness (QED) is 0.551. The molecule has 0 fully saturated rings. The molecule has 0 radical (unpaired) electrons. The van der Waals surface area contributed by atoms with Gasteiger partial charge in [0.25, 0.3) is 0 Å². The van der Waals surface area contributed by atoms with Gasteiger partial charge in [0.2, 0.25) is 5.91 Å². The van der Waals surface area contributed by atoms with Crippen LogP contribution in [0.25, 0.3) is 10.6 Å². The van der Waals surface area contributed by atoms with E-state index in [4.69, 9.17) is 0 Å². The third kappa shape index (κ3) is 4.53. The van der Waals surface area contributed by atoms with Gasteiger partial charge in [-0.2, -0.15) is 13.2 Å². The molecule has 0 unspecified atom stereocenters. The van der Waals surface area contributed by atoms with Crippen molar-refractivity contribution in [2.45, 2.75) is 6.18 Å². The molecule has 3 rings (SSSR count). The van der Waals surface area contributed by atoms with Gasteiger partial charge in [0, 0.05) is 34.2 Å². The zero-order chi connectivity index (χ0) is 19.4. The number of aromatic nitrogens is 1. The second kappa shape index (κ2) is 7.63. The molecule has 1 heterocycles. The molecule has 138 valence electrons. The fraction of sp³-hybridized carbons (Fsp3) is 0.0526. The van der Waals surface area contributed by atoms with E-state index in [2.05, 4.69) is 22.2 Å². The number of carbonyl (C=O) groups is 1. The van der Waals surface area contributed by atoms with E-state index in [1.54, 1.807) is 24.4 Å². The van der Waals surface area contributed by atoms with Crippen LogP contribution in [0, 0.1) is 0 Å². The van der Waals surface area contributed by atoms with Gasteiger partial charge in [-0.1, -0.05) is 6.58 Å². The SMILES string of the molecule is C=CC(=O)Nc1ccc(Nc2ccc(C(F)(F)F)cc2)c(-c2nccs2)c1. The molecule has 3 aromatic rings. The number of carbonyl (C=O) groups excluding carboxylic acids is 1. The smallest absolute Gasteiger partial charge is 0.355 e. The molecule has 1 aromatic heterocycles. The van der Waals surface area contributed by atoms with Gasteiger partial charge in [-0.15, -0.1) is 11.3 Å². The minimum Gasteiger partial charge on any atom is -0.355 e. The molecule has 0 atom stereocenters. The van der Waals surface area contributed by atoms with Crippen LogP contribution in [0.3, 0.4) is 0 Å². The van der Waals surface area contributed by atoms with Gasteiger partial charge in [0.15, 0.2) is 0 Å². The van der Waals surface area contributed by atoms with E-state index in [0.29, 0.717) is 27.6 Å². The second-order valence-electron chi connectivity index (χ2n) is 5.49. The molecule has 2 aromatic carbocycles. The van der Waals surface area contributed by atoms with E-state index in [1.165, 1.54) is 23.5 Å². The van der Waals surface area contributed by atoms with Crippen molar-refractivity contribution >= 4 is 34.3 Å². The predicted molar refractivity (Wildman–Crippen MR) is 101 cm³/mol.